The van der Waals surface area contributed by atoms with E-state index in [1.54, 1.807) is 31.1 Å². The minimum absolute atomic E-state index is 0.0705. The molecule has 0 spiro atoms. The Bertz CT molecular complexity index is 934. The maximum atomic E-state index is 12.5. The third-order valence-electron chi connectivity index (χ3n) is 5.57. The van der Waals surface area contributed by atoms with Crippen LogP contribution in [0.25, 0.3) is 0 Å². The Hall–Kier alpha value is -3.35. The normalized spacial score (nSPS) is 13.4. The Kier molecular flexibility index (Phi) is 8.25. The van der Waals surface area contributed by atoms with Crippen molar-refractivity contribution in [3.63, 3.8) is 0 Å². The third-order valence-corrected chi connectivity index (χ3v) is 5.57. The highest BCUT2D eigenvalue weighted by molar-refractivity contribution is 5.95. The molecule has 2 aromatic rings. The van der Waals surface area contributed by atoms with Gasteiger partial charge in [0.1, 0.15) is 0 Å². The molecule has 1 aliphatic heterocycles. The molecule has 170 valence electrons. The van der Waals surface area contributed by atoms with Crippen LogP contribution in [0.5, 0.6) is 0 Å². The molecule has 7 nitrogen and oxygen atoms in total. The fourth-order valence-corrected chi connectivity index (χ4v) is 3.68. The van der Waals surface area contributed by atoms with E-state index in [9.17, 15) is 14.4 Å². The summed E-state index contributed by atoms with van der Waals surface area (Å²) in [5, 5.41) is 5.97. The van der Waals surface area contributed by atoms with Gasteiger partial charge in [0.25, 0.3) is 5.91 Å². The highest BCUT2D eigenvalue weighted by Crippen LogP contribution is 2.16. The number of likely N-dealkylation sites (tertiary alicyclic amines) is 1. The number of amides is 3. The minimum atomic E-state index is -0.167. The number of nitrogens with one attached hydrogen (secondary N) is 2. The minimum Gasteiger partial charge on any atom is -0.376 e. The van der Waals surface area contributed by atoms with Crippen LogP contribution < -0.4 is 10.6 Å². The Balaban J connectivity index is 1.47. The molecule has 2 N–H and O–H groups in total. The molecule has 3 rings (SSSR count). The largest absolute Gasteiger partial charge is 0.376 e. The standard InChI is InChI=1S/C25H32N4O3/c1-28(2)24(31)14-9-19-7-6-8-22(17-19)27-23(30)18-26-21-12-10-20(11-13-21)25(32)29-15-4-3-5-16-29/h6-8,10-13,17,26H,3-5,9,14-16,18H2,1-2H3,(H,27,30). The van der Waals surface area contributed by atoms with E-state index in [2.05, 4.69) is 10.6 Å². The molecule has 0 radical (unpaired) electrons. The summed E-state index contributed by atoms with van der Waals surface area (Å²) in [4.78, 5) is 40.1. The smallest absolute Gasteiger partial charge is 0.253 e. The average Bonchev–Trinajstić information content (AvgIpc) is 2.82. The van der Waals surface area contributed by atoms with E-state index in [1.165, 1.54) is 6.42 Å². The van der Waals surface area contributed by atoms with Crippen LogP contribution in [-0.4, -0.2) is 61.3 Å². The number of carbonyl (C=O) groups is 3. The van der Waals surface area contributed by atoms with E-state index in [-0.39, 0.29) is 24.3 Å². The lowest BCUT2D eigenvalue weighted by atomic mass is 10.1. The predicted molar refractivity (Wildman–Crippen MR) is 127 cm³/mol. The Labute approximate surface area is 189 Å². The number of rotatable bonds is 8. The summed E-state index contributed by atoms with van der Waals surface area (Å²) in [5.41, 5.74) is 3.16. The lowest BCUT2D eigenvalue weighted by Crippen LogP contribution is -2.35. The molecule has 1 heterocycles. The molecule has 0 saturated carbocycles. The molecule has 0 unspecified atom stereocenters. The first kappa shape index (κ1) is 23.3. The monoisotopic (exact) mass is 436 g/mol. The summed E-state index contributed by atoms with van der Waals surface area (Å²) in [6.07, 6.45) is 4.38. The van der Waals surface area contributed by atoms with Crippen molar-refractivity contribution in [1.29, 1.82) is 0 Å². The molecule has 0 aromatic heterocycles. The van der Waals surface area contributed by atoms with Crippen LogP contribution in [0.3, 0.4) is 0 Å². The molecule has 0 bridgehead atoms. The first-order valence-electron chi connectivity index (χ1n) is 11.1. The van der Waals surface area contributed by atoms with E-state index < -0.39 is 0 Å². The lowest BCUT2D eigenvalue weighted by Gasteiger charge is -2.26. The van der Waals surface area contributed by atoms with E-state index >= 15 is 0 Å². The van der Waals surface area contributed by atoms with E-state index in [0.717, 1.165) is 37.2 Å². The van der Waals surface area contributed by atoms with Crippen molar-refractivity contribution < 1.29 is 14.4 Å². The van der Waals surface area contributed by atoms with Crippen LogP contribution >= 0.6 is 0 Å². The Morgan fingerprint density at radius 3 is 2.34 bits per heavy atom. The summed E-state index contributed by atoms with van der Waals surface area (Å²) >= 11 is 0. The highest BCUT2D eigenvalue weighted by Gasteiger charge is 2.17. The molecule has 0 aliphatic carbocycles. The van der Waals surface area contributed by atoms with Crippen molar-refractivity contribution in [2.45, 2.75) is 32.1 Å². The number of carbonyl (C=O) groups excluding carboxylic acids is 3. The van der Waals surface area contributed by atoms with Gasteiger partial charge in [-0.3, -0.25) is 14.4 Å². The van der Waals surface area contributed by atoms with Crippen molar-refractivity contribution in [3.8, 4) is 0 Å². The Morgan fingerprint density at radius 1 is 0.938 bits per heavy atom. The van der Waals surface area contributed by atoms with Crippen molar-refractivity contribution in [3.05, 3.63) is 59.7 Å². The van der Waals surface area contributed by atoms with Gasteiger partial charge in [-0.05, 0) is 67.6 Å². The predicted octanol–water partition coefficient (Wildman–Crippen LogP) is 3.38. The molecule has 1 aliphatic rings. The molecule has 0 atom stereocenters. The molecule has 1 fully saturated rings. The van der Waals surface area contributed by atoms with E-state index in [1.807, 2.05) is 41.3 Å². The van der Waals surface area contributed by atoms with Crippen LogP contribution in [0.4, 0.5) is 11.4 Å². The second kappa shape index (κ2) is 11.3. The fraction of sp³-hybridized carbons (Fsp3) is 0.400. The van der Waals surface area contributed by atoms with Gasteiger partial charge in [0.15, 0.2) is 0 Å². The van der Waals surface area contributed by atoms with Crippen molar-refractivity contribution in [2.24, 2.45) is 0 Å². The summed E-state index contributed by atoms with van der Waals surface area (Å²) in [6.45, 7) is 1.76. The maximum Gasteiger partial charge on any atom is 0.253 e. The third kappa shape index (κ3) is 6.83. The molecule has 1 saturated heterocycles. The van der Waals surface area contributed by atoms with Crippen LogP contribution in [0.2, 0.25) is 0 Å². The van der Waals surface area contributed by atoms with Gasteiger partial charge < -0.3 is 20.4 Å². The van der Waals surface area contributed by atoms with E-state index in [4.69, 9.17) is 0 Å². The fourth-order valence-electron chi connectivity index (χ4n) is 3.68. The summed E-state index contributed by atoms with van der Waals surface area (Å²) < 4.78 is 0. The Morgan fingerprint density at radius 2 is 1.66 bits per heavy atom. The van der Waals surface area contributed by atoms with Gasteiger partial charge in [-0.25, -0.2) is 0 Å². The summed E-state index contributed by atoms with van der Waals surface area (Å²) in [6, 6.07) is 14.8. The number of aryl methyl sites for hydroxylation is 1. The van der Waals surface area contributed by atoms with E-state index in [0.29, 0.717) is 24.1 Å². The number of piperidine rings is 1. The van der Waals surface area contributed by atoms with Crippen LogP contribution in [0, 0.1) is 0 Å². The van der Waals surface area contributed by atoms with Gasteiger partial charge in [-0.2, -0.15) is 0 Å². The number of nitrogens with zero attached hydrogens (tertiary/aromatic N) is 2. The summed E-state index contributed by atoms with van der Waals surface area (Å²) in [5.74, 6) is -0.0200. The number of hydrogen-bond acceptors (Lipinski definition) is 4. The highest BCUT2D eigenvalue weighted by atomic mass is 16.2. The molecular formula is C25H32N4O3. The van der Waals surface area contributed by atoms with Gasteiger partial charge in [0.2, 0.25) is 11.8 Å². The molecular weight excluding hydrogens is 404 g/mol. The average molecular weight is 437 g/mol. The van der Waals surface area contributed by atoms with Crippen molar-refractivity contribution in [2.75, 3.05) is 44.4 Å². The van der Waals surface area contributed by atoms with Gasteiger partial charge in [0.05, 0.1) is 6.54 Å². The number of hydrogen-bond donors (Lipinski definition) is 2. The van der Waals surface area contributed by atoms with Crippen LogP contribution in [0.1, 0.15) is 41.6 Å². The summed E-state index contributed by atoms with van der Waals surface area (Å²) in [7, 11) is 3.48. The lowest BCUT2D eigenvalue weighted by molar-refractivity contribution is -0.128. The van der Waals surface area contributed by atoms with Crippen LogP contribution in [-0.2, 0) is 16.0 Å². The zero-order valence-corrected chi connectivity index (χ0v) is 18.9. The zero-order valence-electron chi connectivity index (χ0n) is 18.9. The second-order valence-corrected chi connectivity index (χ2v) is 8.32. The topological polar surface area (TPSA) is 81.8 Å². The SMILES string of the molecule is CN(C)C(=O)CCc1cccc(NC(=O)CNc2ccc(C(=O)N3CCCCC3)cc2)c1. The quantitative estimate of drug-likeness (QED) is 0.665. The number of benzene rings is 2. The van der Waals surface area contributed by atoms with Gasteiger partial charge in [0, 0.05) is 50.5 Å². The van der Waals surface area contributed by atoms with Gasteiger partial charge >= 0.3 is 0 Å². The van der Waals surface area contributed by atoms with Crippen molar-refractivity contribution >= 4 is 29.1 Å². The molecule has 2 aromatic carbocycles. The second-order valence-electron chi connectivity index (χ2n) is 8.32. The molecule has 3 amide bonds. The number of anilines is 2. The molecule has 7 heteroatoms. The van der Waals surface area contributed by atoms with Crippen molar-refractivity contribution in [1.82, 2.24) is 9.80 Å². The maximum absolute atomic E-state index is 12.5. The zero-order chi connectivity index (χ0) is 22.9. The van der Waals surface area contributed by atoms with Gasteiger partial charge in [-0.15, -0.1) is 0 Å². The first-order valence-corrected chi connectivity index (χ1v) is 11.1. The first-order chi connectivity index (χ1) is 15.4. The van der Waals surface area contributed by atoms with Gasteiger partial charge in [-0.1, -0.05) is 12.1 Å². The van der Waals surface area contributed by atoms with Crippen LogP contribution in [0.15, 0.2) is 48.5 Å². The molecule has 32 heavy (non-hydrogen) atoms.